The van der Waals surface area contributed by atoms with Gasteiger partial charge >= 0.3 is 0 Å². The van der Waals surface area contributed by atoms with Crippen LogP contribution >= 0.6 is 0 Å². The molecule has 2 aromatic carbocycles. The number of amides is 1. The van der Waals surface area contributed by atoms with Gasteiger partial charge in [0.1, 0.15) is 0 Å². The molecular formula is C20H21N2O5-. The number of non-ortho nitro benzene ring substituents is 1. The number of nitro benzene ring substituents is 1. The van der Waals surface area contributed by atoms with E-state index in [9.17, 15) is 24.8 Å². The average Bonchev–Trinajstić information content (AvgIpc) is 2.60. The molecule has 0 heterocycles. The Morgan fingerprint density at radius 1 is 1.04 bits per heavy atom. The zero-order chi connectivity index (χ0) is 20.2. The quantitative estimate of drug-likeness (QED) is 0.621. The maximum atomic E-state index is 12.4. The molecule has 0 spiro atoms. The lowest BCUT2D eigenvalue weighted by atomic mass is 9.86. The zero-order valence-corrected chi connectivity index (χ0v) is 15.4. The second-order valence-electron chi connectivity index (χ2n) is 7.28. The Kier molecular flexibility index (Phi) is 5.95. The maximum absolute atomic E-state index is 12.4. The minimum absolute atomic E-state index is 0.0512. The highest BCUT2D eigenvalue weighted by Crippen LogP contribution is 2.25. The van der Waals surface area contributed by atoms with Crippen molar-refractivity contribution in [3.8, 4) is 0 Å². The van der Waals surface area contributed by atoms with Crippen molar-refractivity contribution in [1.82, 2.24) is 5.32 Å². The van der Waals surface area contributed by atoms with Crippen molar-refractivity contribution < 1.29 is 19.6 Å². The second kappa shape index (κ2) is 7.99. The normalized spacial score (nSPS) is 12.3. The highest BCUT2D eigenvalue weighted by atomic mass is 16.6. The number of hydrogen-bond acceptors (Lipinski definition) is 5. The molecule has 0 radical (unpaired) electrons. The number of aliphatic carboxylic acids is 1. The third kappa shape index (κ3) is 5.37. The van der Waals surface area contributed by atoms with E-state index in [1.165, 1.54) is 24.3 Å². The molecule has 0 fully saturated rings. The van der Waals surface area contributed by atoms with Gasteiger partial charge in [-0.1, -0.05) is 45.0 Å². The van der Waals surface area contributed by atoms with Crippen molar-refractivity contribution in [3.63, 3.8) is 0 Å². The number of rotatable bonds is 6. The molecule has 0 saturated heterocycles. The van der Waals surface area contributed by atoms with Gasteiger partial charge in [0.15, 0.2) is 0 Å². The van der Waals surface area contributed by atoms with Crippen LogP contribution in [0.15, 0.2) is 48.5 Å². The van der Waals surface area contributed by atoms with Crippen LogP contribution in [-0.4, -0.2) is 16.8 Å². The topological polar surface area (TPSA) is 112 Å². The van der Waals surface area contributed by atoms with E-state index < -0.39 is 22.8 Å². The van der Waals surface area contributed by atoms with Crippen molar-refractivity contribution >= 4 is 17.6 Å². The summed E-state index contributed by atoms with van der Waals surface area (Å²) in [5.74, 6) is -1.81. The molecule has 1 amide bonds. The van der Waals surface area contributed by atoms with Crippen LogP contribution in [0.1, 0.15) is 54.7 Å². The standard InChI is InChI=1S/C20H22N2O5/c1-20(2,3)15-8-4-13(5-9-15)17(12-18(23)24)21-19(25)14-6-10-16(11-7-14)22(26)27/h4-11,17H,12H2,1-3H3,(H,21,25)(H,23,24)/p-1/t17-/m1/s1. The van der Waals surface area contributed by atoms with Gasteiger partial charge in [-0.25, -0.2) is 0 Å². The van der Waals surface area contributed by atoms with Crippen LogP contribution in [0.2, 0.25) is 0 Å². The Labute approximate surface area is 157 Å². The van der Waals surface area contributed by atoms with Gasteiger partial charge < -0.3 is 15.2 Å². The number of carbonyl (C=O) groups excluding carboxylic acids is 2. The predicted octanol–water partition coefficient (Wildman–Crippen LogP) is 2.50. The molecule has 2 aromatic rings. The van der Waals surface area contributed by atoms with Gasteiger partial charge in [0, 0.05) is 30.1 Å². The Balaban J connectivity index is 2.22. The van der Waals surface area contributed by atoms with Gasteiger partial charge in [-0.05, 0) is 28.7 Å². The first-order chi connectivity index (χ1) is 12.6. The summed E-state index contributed by atoms with van der Waals surface area (Å²) in [6, 6.07) is 11.7. The molecule has 7 nitrogen and oxygen atoms in total. The van der Waals surface area contributed by atoms with Crippen molar-refractivity contribution in [2.45, 2.75) is 38.6 Å². The minimum atomic E-state index is -1.29. The first-order valence-electron chi connectivity index (χ1n) is 8.43. The molecule has 0 unspecified atom stereocenters. The van der Waals surface area contributed by atoms with Crippen molar-refractivity contribution in [3.05, 3.63) is 75.3 Å². The monoisotopic (exact) mass is 369 g/mol. The molecule has 0 aliphatic heterocycles. The maximum Gasteiger partial charge on any atom is 0.269 e. The Morgan fingerprint density at radius 3 is 2.04 bits per heavy atom. The number of carboxylic acids is 1. The van der Waals surface area contributed by atoms with E-state index in [-0.39, 0.29) is 23.1 Å². The average molecular weight is 369 g/mol. The van der Waals surface area contributed by atoms with Crippen molar-refractivity contribution in [2.75, 3.05) is 0 Å². The SMILES string of the molecule is CC(C)(C)c1ccc([C@@H](CC(=O)[O-])NC(=O)c2ccc([N+](=O)[O-])cc2)cc1. The Bertz CT molecular complexity index is 836. The summed E-state index contributed by atoms with van der Waals surface area (Å²) < 4.78 is 0. The zero-order valence-electron chi connectivity index (χ0n) is 15.4. The van der Waals surface area contributed by atoms with Crippen LogP contribution in [0.5, 0.6) is 0 Å². The molecule has 0 saturated carbocycles. The first kappa shape index (κ1) is 20.1. The van der Waals surface area contributed by atoms with Gasteiger partial charge in [0.2, 0.25) is 0 Å². The van der Waals surface area contributed by atoms with E-state index in [2.05, 4.69) is 26.1 Å². The van der Waals surface area contributed by atoms with Crippen molar-refractivity contribution in [2.24, 2.45) is 0 Å². The summed E-state index contributed by atoms with van der Waals surface area (Å²) in [4.78, 5) is 33.7. The second-order valence-corrected chi connectivity index (χ2v) is 7.28. The fourth-order valence-electron chi connectivity index (χ4n) is 2.61. The molecule has 27 heavy (non-hydrogen) atoms. The van der Waals surface area contributed by atoms with Gasteiger partial charge in [0.25, 0.3) is 11.6 Å². The number of carboxylic acid groups (broad SMARTS) is 1. The summed E-state index contributed by atoms with van der Waals surface area (Å²) in [6.45, 7) is 6.20. The molecule has 7 heteroatoms. The molecule has 1 N–H and O–H groups in total. The molecule has 0 aliphatic rings. The summed E-state index contributed by atoms with van der Waals surface area (Å²) >= 11 is 0. The van der Waals surface area contributed by atoms with Gasteiger partial charge in [-0.2, -0.15) is 0 Å². The molecule has 0 aromatic heterocycles. The third-order valence-corrected chi connectivity index (χ3v) is 4.20. The number of nitrogens with one attached hydrogen (secondary N) is 1. The lowest BCUT2D eigenvalue weighted by molar-refractivity contribution is -0.384. The van der Waals surface area contributed by atoms with Crippen LogP contribution in [0.25, 0.3) is 0 Å². The number of benzene rings is 2. The van der Waals surface area contributed by atoms with Crippen LogP contribution in [-0.2, 0) is 10.2 Å². The molecule has 142 valence electrons. The molecule has 0 aliphatic carbocycles. The number of carbonyl (C=O) groups is 2. The molecule has 0 bridgehead atoms. The van der Waals surface area contributed by atoms with E-state index in [0.29, 0.717) is 5.56 Å². The van der Waals surface area contributed by atoms with Crippen LogP contribution in [0, 0.1) is 10.1 Å². The predicted molar refractivity (Wildman–Crippen MR) is 98.1 cm³/mol. The lowest BCUT2D eigenvalue weighted by Crippen LogP contribution is -2.34. The van der Waals surface area contributed by atoms with Gasteiger partial charge in [-0.15, -0.1) is 0 Å². The summed E-state index contributed by atoms with van der Waals surface area (Å²) in [5.41, 5.74) is 1.75. The molecular weight excluding hydrogens is 348 g/mol. The van der Waals surface area contributed by atoms with E-state index in [1.807, 2.05) is 12.1 Å². The third-order valence-electron chi connectivity index (χ3n) is 4.20. The Hall–Kier alpha value is -3.22. The van der Waals surface area contributed by atoms with Crippen LogP contribution in [0.3, 0.4) is 0 Å². The number of hydrogen-bond donors (Lipinski definition) is 1. The van der Waals surface area contributed by atoms with Gasteiger partial charge in [-0.3, -0.25) is 14.9 Å². The summed E-state index contributed by atoms with van der Waals surface area (Å²) in [5, 5.41) is 24.5. The minimum Gasteiger partial charge on any atom is -0.550 e. The molecule has 2 rings (SSSR count). The fourth-order valence-corrected chi connectivity index (χ4v) is 2.61. The van der Waals surface area contributed by atoms with Crippen molar-refractivity contribution in [1.29, 1.82) is 0 Å². The lowest BCUT2D eigenvalue weighted by Gasteiger charge is -2.23. The summed E-state index contributed by atoms with van der Waals surface area (Å²) in [7, 11) is 0. The molecule has 1 atom stereocenters. The number of nitrogens with zero attached hydrogens (tertiary/aromatic N) is 1. The van der Waals surface area contributed by atoms with E-state index in [0.717, 1.165) is 5.56 Å². The number of nitro groups is 1. The highest BCUT2D eigenvalue weighted by Gasteiger charge is 2.19. The fraction of sp³-hybridized carbons (Fsp3) is 0.300. The van der Waals surface area contributed by atoms with E-state index in [4.69, 9.17) is 0 Å². The largest absolute Gasteiger partial charge is 0.550 e. The smallest absolute Gasteiger partial charge is 0.269 e. The Morgan fingerprint density at radius 2 is 1.59 bits per heavy atom. The van der Waals surface area contributed by atoms with Crippen LogP contribution < -0.4 is 10.4 Å². The van der Waals surface area contributed by atoms with E-state index >= 15 is 0 Å². The summed E-state index contributed by atoms with van der Waals surface area (Å²) in [6.07, 6.45) is -0.381. The first-order valence-corrected chi connectivity index (χ1v) is 8.43. The van der Waals surface area contributed by atoms with Crippen LogP contribution in [0.4, 0.5) is 5.69 Å². The van der Waals surface area contributed by atoms with Gasteiger partial charge in [0.05, 0.1) is 11.0 Å². The van der Waals surface area contributed by atoms with E-state index in [1.54, 1.807) is 12.1 Å². The highest BCUT2D eigenvalue weighted by molar-refractivity contribution is 5.94.